The monoisotopic (exact) mass is 393 g/mol. The van der Waals surface area contributed by atoms with Gasteiger partial charge in [-0.25, -0.2) is 0 Å². The van der Waals surface area contributed by atoms with Crippen molar-refractivity contribution >= 4 is 22.6 Å². The first-order valence-electron chi connectivity index (χ1n) is 7.32. The van der Waals surface area contributed by atoms with Gasteiger partial charge in [0, 0.05) is 15.6 Å². The Kier molecular flexibility index (Phi) is 7.17. The minimum Gasteiger partial charge on any atom is -0.193 e. The first-order valence-corrected chi connectivity index (χ1v) is 8.40. The lowest BCUT2D eigenvalue weighted by Crippen LogP contribution is -2.26. The SMILES string of the molecule is CC1=CCCC(C)(C)C1/C=C/C(I)=C/C=C/C(C)=C/C#N. The molecule has 21 heavy (non-hydrogen) atoms. The number of hydrogen-bond donors (Lipinski definition) is 0. The molecule has 0 aromatic rings. The number of nitriles is 1. The summed E-state index contributed by atoms with van der Waals surface area (Å²) in [5.74, 6) is 0.522. The molecule has 0 radical (unpaired) electrons. The minimum atomic E-state index is 0.341. The highest BCUT2D eigenvalue weighted by molar-refractivity contribution is 14.1. The van der Waals surface area contributed by atoms with Gasteiger partial charge in [-0.2, -0.15) is 5.26 Å². The van der Waals surface area contributed by atoms with E-state index in [1.54, 1.807) is 6.08 Å². The van der Waals surface area contributed by atoms with E-state index in [1.807, 2.05) is 25.1 Å². The van der Waals surface area contributed by atoms with E-state index < -0.39 is 0 Å². The van der Waals surface area contributed by atoms with Crippen LogP contribution >= 0.6 is 22.6 Å². The van der Waals surface area contributed by atoms with Crippen LogP contribution in [-0.4, -0.2) is 0 Å². The molecule has 0 saturated heterocycles. The second kappa shape index (κ2) is 8.38. The van der Waals surface area contributed by atoms with Crippen LogP contribution < -0.4 is 0 Å². The zero-order chi connectivity index (χ0) is 15.9. The summed E-state index contributed by atoms with van der Waals surface area (Å²) in [6, 6.07) is 2.03. The summed E-state index contributed by atoms with van der Waals surface area (Å²) in [5, 5.41) is 8.55. The van der Waals surface area contributed by atoms with Gasteiger partial charge in [0.05, 0.1) is 6.07 Å². The van der Waals surface area contributed by atoms with Crippen LogP contribution in [0.5, 0.6) is 0 Å². The van der Waals surface area contributed by atoms with Gasteiger partial charge in [0.25, 0.3) is 0 Å². The van der Waals surface area contributed by atoms with Crippen LogP contribution in [0.2, 0.25) is 0 Å². The molecule has 1 rings (SSSR count). The van der Waals surface area contributed by atoms with Crippen molar-refractivity contribution in [3.8, 4) is 6.07 Å². The molecule has 0 spiro atoms. The van der Waals surface area contributed by atoms with Gasteiger partial charge in [0.15, 0.2) is 0 Å². The minimum absolute atomic E-state index is 0.341. The van der Waals surface area contributed by atoms with Gasteiger partial charge < -0.3 is 0 Å². The highest BCUT2D eigenvalue weighted by Crippen LogP contribution is 2.41. The molecule has 0 heterocycles. The van der Waals surface area contributed by atoms with Crippen molar-refractivity contribution in [2.24, 2.45) is 11.3 Å². The summed E-state index contributed by atoms with van der Waals surface area (Å²) in [6.45, 7) is 8.87. The van der Waals surface area contributed by atoms with Gasteiger partial charge in [0.2, 0.25) is 0 Å². The quantitative estimate of drug-likeness (QED) is 0.239. The molecule has 0 aromatic heterocycles. The van der Waals surface area contributed by atoms with Crippen LogP contribution in [0.15, 0.2) is 57.3 Å². The molecule has 0 N–H and O–H groups in total. The Morgan fingerprint density at radius 3 is 2.76 bits per heavy atom. The van der Waals surface area contributed by atoms with E-state index in [1.165, 1.54) is 22.0 Å². The molecule has 0 fully saturated rings. The third-order valence-electron chi connectivity index (χ3n) is 3.94. The molecule has 1 aliphatic rings. The molecule has 1 nitrogen and oxygen atoms in total. The predicted molar refractivity (Wildman–Crippen MR) is 100 cm³/mol. The van der Waals surface area contributed by atoms with Crippen LogP contribution in [0.1, 0.15) is 40.5 Å². The molecule has 0 aromatic carbocycles. The topological polar surface area (TPSA) is 23.8 Å². The molecular weight excluding hydrogens is 369 g/mol. The normalized spacial score (nSPS) is 23.4. The number of allylic oxidation sites excluding steroid dienone is 10. The lowest BCUT2D eigenvalue weighted by Gasteiger charge is -2.36. The van der Waals surface area contributed by atoms with E-state index in [0.29, 0.717) is 11.3 Å². The van der Waals surface area contributed by atoms with Crippen molar-refractivity contribution in [1.82, 2.24) is 0 Å². The molecule has 0 amide bonds. The van der Waals surface area contributed by atoms with E-state index >= 15 is 0 Å². The second-order valence-corrected chi connectivity index (χ2v) is 7.49. The van der Waals surface area contributed by atoms with Crippen LogP contribution in [-0.2, 0) is 0 Å². The van der Waals surface area contributed by atoms with Gasteiger partial charge in [-0.05, 0) is 66.3 Å². The van der Waals surface area contributed by atoms with E-state index in [2.05, 4.69) is 67.7 Å². The first-order chi connectivity index (χ1) is 9.86. The molecular formula is C19H24IN. The molecule has 1 aliphatic carbocycles. The van der Waals surface area contributed by atoms with Crippen LogP contribution in [0.3, 0.4) is 0 Å². The Balaban J connectivity index is 2.75. The lowest BCUT2D eigenvalue weighted by atomic mass is 9.68. The Labute approximate surface area is 143 Å². The van der Waals surface area contributed by atoms with Crippen molar-refractivity contribution in [2.45, 2.75) is 40.5 Å². The average molecular weight is 393 g/mol. The van der Waals surface area contributed by atoms with E-state index in [0.717, 1.165) is 5.57 Å². The zero-order valence-corrected chi connectivity index (χ0v) is 15.5. The van der Waals surface area contributed by atoms with Crippen LogP contribution in [0, 0.1) is 22.7 Å². The summed E-state index contributed by atoms with van der Waals surface area (Å²) < 4.78 is 1.20. The maximum atomic E-state index is 8.55. The zero-order valence-electron chi connectivity index (χ0n) is 13.4. The summed E-state index contributed by atoms with van der Waals surface area (Å²) in [5.41, 5.74) is 2.79. The van der Waals surface area contributed by atoms with Crippen molar-refractivity contribution < 1.29 is 0 Å². The van der Waals surface area contributed by atoms with Gasteiger partial charge in [-0.1, -0.05) is 49.8 Å². The standard InChI is InChI=1S/C19H24IN/c1-15(12-14-21)7-5-9-17(20)10-11-18-16(2)8-6-13-19(18,3)4/h5,7-12,18H,6,13H2,1-4H3/b7-5+,11-10+,15-12+,17-9-. The van der Waals surface area contributed by atoms with Crippen molar-refractivity contribution in [2.75, 3.05) is 0 Å². The fourth-order valence-electron chi connectivity index (χ4n) is 2.67. The fourth-order valence-corrected chi connectivity index (χ4v) is 3.08. The number of hydrogen-bond acceptors (Lipinski definition) is 1. The maximum absolute atomic E-state index is 8.55. The van der Waals surface area contributed by atoms with Gasteiger partial charge in [0.1, 0.15) is 0 Å². The van der Waals surface area contributed by atoms with Gasteiger partial charge >= 0.3 is 0 Å². The third kappa shape index (κ3) is 6.05. The molecule has 2 heteroatoms. The van der Waals surface area contributed by atoms with E-state index in [9.17, 15) is 0 Å². The maximum Gasteiger partial charge on any atom is 0.0914 e. The first kappa shape index (κ1) is 18.0. The van der Waals surface area contributed by atoms with Crippen LogP contribution in [0.25, 0.3) is 0 Å². The van der Waals surface area contributed by atoms with E-state index in [4.69, 9.17) is 5.26 Å². The molecule has 112 valence electrons. The average Bonchev–Trinajstić information content (AvgIpc) is 2.37. The van der Waals surface area contributed by atoms with Crippen LogP contribution in [0.4, 0.5) is 0 Å². The molecule has 1 unspecified atom stereocenters. The summed E-state index contributed by atoms with van der Waals surface area (Å²) in [4.78, 5) is 0. The predicted octanol–water partition coefficient (Wildman–Crippen LogP) is 6.27. The van der Waals surface area contributed by atoms with Crippen molar-refractivity contribution in [3.05, 3.63) is 57.3 Å². The highest BCUT2D eigenvalue weighted by Gasteiger charge is 2.30. The smallest absolute Gasteiger partial charge is 0.0914 e. The highest BCUT2D eigenvalue weighted by atomic mass is 127. The van der Waals surface area contributed by atoms with Gasteiger partial charge in [-0.3, -0.25) is 0 Å². The largest absolute Gasteiger partial charge is 0.193 e. The van der Waals surface area contributed by atoms with Crippen molar-refractivity contribution in [1.29, 1.82) is 5.26 Å². The van der Waals surface area contributed by atoms with E-state index in [-0.39, 0.29) is 0 Å². The van der Waals surface area contributed by atoms with Crippen molar-refractivity contribution in [3.63, 3.8) is 0 Å². The summed E-state index contributed by atoms with van der Waals surface area (Å²) >= 11 is 2.34. The second-order valence-electron chi connectivity index (χ2n) is 6.24. The summed E-state index contributed by atoms with van der Waals surface area (Å²) in [6.07, 6.45) is 16.9. The summed E-state index contributed by atoms with van der Waals surface area (Å²) in [7, 11) is 0. The Morgan fingerprint density at radius 1 is 1.43 bits per heavy atom. The lowest BCUT2D eigenvalue weighted by molar-refractivity contribution is 0.255. The molecule has 0 bridgehead atoms. The number of halogens is 1. The molecule has 1 atom stereocenters. The Morgan fingerprint density at radius 2 is 2.14 bits per heavy atom. The van der Waals surface area contributed by atoms with Gasteiger partial charge in [-0.15, -0.1) is 0 Å². The molecule has 0 saturated carbocycles. The number of nitrogens with zero attached hydrogens (tertiary/aromatic N) is 1. The number of rotatable bonds is 4. The molecule has 0 aliphatic heterocycles. The third-order valence-corrected chi connectivity index (χ3v) is 4.66. The Bertz CT molecular complexity index is 551. The Hall–Kier alpha value is -1.08. The fraction of sp³-hybridized carbons (Fsp3) is 0.421.